The predicted molar refractivity (Wildman–Crippen MR) is 155 cm³/mol. The van der Waals surface area contributed by atoms with Gasteiger partial charge in [-0.2, -0.15) is 13.2 Å². The first-order valence-electron chi connectivity index (χ1n) is 13.5. The molecule has 0 radical (unpaired) electrons. The Morgan fingerprint density at radius 3 is 2.26 bits per heavy atom. The second-order valence-corrected chi connectivity index (χ2v) is 10.2. The van der Waals surface area contributed by atoms with Crippen molar-refractivity contribution in [2.75, 3.05) is 27.3 Å². The van der Waals surface area contributed by atoms with Gasteiger partial charge in [0.1, 0.15) is 6.54 Å². The molecule has 1 heterocycles. The van der Waals surface area contributed by atoms with Crippen LogP contribution in [0.15, 0.2) is 72.9 Å². The first-order chi connectivity index (χ1) is 20.0. The zero-order valence-corrected chi connectivity index (χ0v) is 24.0. The maximum atomic E-state index is 13.8. The van der Waals surface area contributed by atoms with Crippen LogP contribution < -0.4 is 9.47 Å². The van der Waals surface area contributed by atoms with E-state index in [0.29, 0.717) is 24.5 Å². The standard InChI is InChI=1S/C32H34F3N3O4/c1-21(2)38(31(40)23-10-12-25(13-11-23)32(33,34)35)20-30(39)37(19-22-9-14-28(41-3)29(17-22)42-4)16-15-24-18-36-27-8-6-5-7-26(24)27/h5-14,17-18,21,36H,15-16,19-20H2,1-4H3. The summed E-state index contributed by atoms with van der Waals surface area (Å²) in [5.74, 6) is 0.278. The second kappa shape index (κ2) is 13.0. The lowest BCUT2D eigenvalue weighted by molar-refractivity contribution is -0.137. The smallest absolute Gasteiger partial charge is 0.416 e. The van der Waals surface area contributed by atoms with Gasteiger partial charge in [-0.1, -0.05) is 24.3 Å². The Kier molecular flexibility index (Phi) is 9.45. The van der Waals surface area contributed by atoms with Gasteiger partial charge in [-0.05, 0) is 73.9 Å². The fourth-order valence-corrected chi connectivity index (χ4v) is 4.79. The molecule has 10 heteroatoms. The minimum atomic E-state index is -4.51. The summed E-state index contributed by atoms with van der Waals surface area (Å²) in [6, 6.07) is 17.0. The van der Waals surface area contributed by atoms with Crippen LogP contribution in [0.1, 0.15) is 40.9 Å². The molecule has 7 nitrogen and oxygen atoms in total. The molecule has 4 rings (SSSR count). The number of aromatic amines is 1. The van der Waals surface area contributed by atoms with Gasteiger partial charge < -0.3 is 24.3 Å². The third-order valence-corrected chi connectivity index (χ3v) is 7.15. The Hall–Kier alpha value is -4.47. The molecule has 0 spiro atoms. The van der Waals surface area contributed by atoms with Crippen LogP contribution >= 0.6 is 0 Å². The number of benzene rings is 3. The summed E-state index contributed by atoms with van der Waals surface area (Å²) in [4.78, 5) is 33.5. The van der Waals surface area contributed by atoms with Gasteiger partial charge in [0, 0.05) is 41.8 Å². The van der Waals surface area contributed by atoms with E-state index in [2.05, 4.69) is 4.98 Å². The Labute approximate surface area is 242 Å². The number of rotatable bonds is 11. The number of para-hydroxylation sites is 1. The van der Waals surface area contributed by atoms with Crippen LogP contribution in [0.5, 0.6) is 11.5 Å². The van der Waals surface area contributed by atoms with Crippen molar-refractivity contribution in [2.24, 2.45) is 0 Å². The van der Waals surface area contributed by atoms with Crippen LogP contribution in [0, 0.1) is 0 Å². The van der Waals surface area contributed by atoms with Crippen molar-refractivity contribution in [3.63, 3.8) is 0 Å². The summed E-state index contributed by atoms with van der Waals surface area (Å²) >= 11 is 0. The number of carbonyl (C=O) groups is 2. The van der Waals surface area contributed by atoms with Gasteiger partial charge in [0.05, 0.1) is 19.8 Å². The Bertz CT molecular complexity index is 1530. The quantitative estimate of drug-likeness (QED) is 0.225. The fourth-order valence-electron chi connectivity index (χ4n) is 4.79. The van der Waals surface area contributed by atoms with Gasteiger partial charge in [-0.15, -0.1) is 0 Å². The molecule has 0 saturated heterocycles. The van der Waals surface area contributed by atoms with Gasteiger partial charge in [-0.25, -0.2) is 0 Å². The molecule has 4 aromatic rings. The number of hydrogen-bond donors (Lipinski definition) is 1. The van der Waals surface area contributed by atoms with E-state index in [1.54, 1.807) is 38.0 Å². The molecule has 0 aliphatic carbocycles. The van der Waals surface area contributed by atoms with E-state index in [-0.39, 0.29) is 30.6 Å². The summed E-state index contributed by atoms with van der Waals surface area (Å²) in [6.07, 6.45) is -2.01. The van der Waals surface area contributed by atoms with E-state index < -0.39 is 17.6 Å². The van der Waals surface area contributed by atoms with Crippen molar-refractivity contribution in [3.05, 3.63) is 95.2 Å². The zero-order valence-electron chi connectivity index (χ0n) is 24.0. The summed E-state index contributed by atoms with van der Waals surface area (Å²) in [5, 5.41) is 1.07. The average molecular weight is 582 g/mol. The molecule has 0 fully saturated rings. The van der Waals surface area contributed by atoms with E-state index in [1.165, 1.54) is 12.0 Å². The molecule has 0 aliphatic heterocycles. The number of nitrogens with zero attached hydrogens (tertiary/aromatic N) is 2. The highest BCUT2D eigenvalue weighted by Crippen LogP contribution is 2.30. The first kappa shape index (κ1) is 30.5. The number of fused-ring (bicyclic) bond motifs is 1. The maximum Gasteiger partial charge on any atom is 0.416 e. The lowest BCUT2D eigenvalue weighted by Gasteiger charge is -2.30. The lowest BCUT2D eigenvalue weighted by Crippen LogP contribution is -2.46. The van der Waals surface area contributed by atoms with Crippen LogP contribution in [0.2, 0.25) is 0 Å². The van der Waals surface area contributed by atoms with Gasteiger partial charge >= 0.3 is 6.18 Å². The third-order valence-electron chi connectivity index (χ3n) is 7.15. The van der Waals surface area contributed by atoms with Crippen molar-refractivity contribution in [1.29, 1.82) is 0 Å². The normalized spacial score (nSPS) is 11.5. The SMILES string of the molecule is COc1ccc(CN(CCc2c[nH]c3ccccc23)C(=O)CN(C(=O)c2ccc(C(F)(F)F)cc2)C(C)C)cc1OC. The number of amides is 2. The van der Waals surface area contributed by atoms with Crippen molar-refractivity contribution < 1.29 is 32.2 Å². The number of halogens is 3. The van der Waals surface area contributed by atoms with Gasteiger partial charge in [0.25, 0.3) is 5.91 Å². The van der Waals surface area contributed by atoms with E-state index in [4.69, 9.17) is 9.47 Å². The van der Waals surface area contributed by atoms with Crippen molar-refractivity contribution >= 4 is 22.7 Å². The topological polar surface area (TPSA) is 74.9 Å². The largest absolute Gasteiger partial charge is 0.493 e. The Morgan fingerprint density at radius 1 is 0.929 bits per heavy atom. The van der Waals surface area contributed by atoms with E-state index in [9.17, 15) is 22.8 Å². The summed E-state index contributed by atoms with van der Waals surface area (Å²) in [7, 11) is 3.08. The fraction of sp³-hybridized carbons (Fsp3) is 0.312. The van der Waals surface area contributed by atoms with Crippen LogP contribution in [0.3, 0.4) is 0 Å². The van der Waals surface area contributed by atoms with Crippen LogP contribution in [-0.2, 0) is 23.9 Å². The second-order valence-electron chi connectivity index (χ2n) is 10.2. The monoisotopic (exact) mass is 581 g/mol. The minimum Gasteiger partial charge on any atom is -0.493 e. The summed E-state index contributed by atoms with van der Waals surface area (Å²) in [6.45, 7) is 3.91. The number of H-pyrrole nitrogens is 1. The molecule has 0 unspecified atom stereocenters. The van der Waals surface area contributed by atoms with E-state index >= 15 is 0 Å². The molecule has 0 atom stereocenters. The molecule has 0 aliphatic rings. The molecule has 0 bridgehead atoms. The average Bonchev–Trinajstić information content (AvgIpc) is 3.39. The van der Waals surface area contributed by atoms with Crippen molar-refractivity contribution in [2.45, 2.75) is 39.0 Å². The number of nitrogens with one attached hydrogen (secondary N) is 1. The molecule has 1 aromatic heterocycles. The summed E-state index contributed by atoms with van der Waals surface area (Å²) < 4.78 is 49.9. The Balaban J connectivity index is 1.58. The van der Waals surface area contributed by atoms with E-state index in [1.807, 2.05) is 36.5 Å². The van der Waals surface area contributed by atoms with Gasteiger partial charge in [0.2, 0.25) is 5.91 Å². The molecule has 0 saturated carbocycles. The molecule has 2 amide bonds. The number of alkyl halides is 3. The molecular weight excluding hydrogens is 547 g/mol. The molecule has 3 aromatic carbocycles. The molecule has 42 heavy (non-hydrogen) atoms. The third kappa shape index (κ3) is 7.05. The zero-order chi connectivity index (χ0) is 30.4. The van der Waals surface area contributed by atoms with Crippen LogP contribution in [0.25, 0.3) is 10.9 Å². The van der Waals surface area contributed by atoms with Crippen molar-refractivity contribution in [1.82, 2.24) is 14.8 Å². The first-order valence-corrected chi connectivity index (χ1v) is 13.5. The number of methoxy groups -OCH3 is 2. The highest BCUT2D eigenvalue weighted by molar-refractivity contribution is 5.96. The predicted octanol–water partition coefficient (Wildman–Crippen LogP) is 6.33. The van der Waals surface area contributed by atoms with Crippen LogP contribution in [0.4, 0.5) is 13.2 Å². The van der Waals surface area contributed by atoms with Gasteiger partial charge in [-0.3, -0.25) is 9.59 Å². The van der Waals surface area contributed by atoms with Gasteiger partial charge in [0.15, 0.2) is 11.5 Å². The molecular formula is C32H34F3N3O4. The maximum absolute atomic E-state index is 13.8. The van der Waals surface area contributed by atoms with Crippen molar-refractivity contribution in [3.8, 4) is 11.5 Å². The molecule has 1 N–H and O–H groups in total. The number of aromatic nitrogens is 1. The molecule has 222 valence electrons. The van der Waals surface area contributed by atoms with E-state index in [0.717, 1.165) is 46.3 Å². The number of ether oxygens (including phenoxy) is 2. The highest BCUT2D eigenvalue weighted by Gasteiger charge is 2.31. The highest BCUT2D eigenvalue weighted by atomic mass is 19.4. The minimum absolute atomic E-state index is 0.0785. The Morgan fingerprint density at radius 2 is 1.62 bits per heavy atom. The van der Waals surface area contributed by atoms with Crippen LogP contribution in [-0.4, -0.2) is 59.9 Å². The lowest BCUT2D eigenvalue weighted by atomic mass is 10.1. The number of carbonyl (C=O) groups excluding carboxylic acids is 2. The number of hydrogen-bond acceptors (Lipinski definition) is 4. The summed E-state index contributed by atoms with van der Waals surface area (Å²) in [5.41, 5.74) is 2.10.